The molecule has 3 aromatic carbocycles. The molecular formula is C22H15Cl2F3LiNO5. The predicted molar refractivity (Wildman–Crippen MR) is 122 cm³/mol. The van der Waals surface area contributed by atoms with Gasteiger partial charge in [-0.1, -0.05) is 23.2 Å². The number of aromatic carboxylic acids is 1. The van der Waals surface area contributed by atoms with E-state index in [1.807, 2.05) is 0 Å². The average molecular weight is 508 g/mol. The molecule has 6 nitrogen and oxygen atoms in total. The molecule has 0 bridgehead atoms. The fourth-order valence-electron chi connectivity index (χ4n) is 2.71. The Labute approximate surface area is 213 Å². The maximum absolute atomic E-state index is 13.6. The third-order valence-corrected chi connectivity index (χ3v) is 4.79. The fourth-order valence-corrected chi connectivity index (χ4v) is 3.20. The minimum atomic E-state index is -1.47. The molecule has 0 spiro atoms. The number of nitrogens with one attached hydrogen (secondary N) is 1. The Bertz CT molecular complexity index is 1230. The maximum atomic E-state index is 13.6. The number of carboxylic acids is 1. The van der Waals surface area contributed by atoms with E-state index in [1.165, 1.54) is 30.3 Å². The first-order valence-electron chi connectivity index (χ1n) is 9.20. The van der Waals surface area contributed by atoms with Crippen molar-refractivity contribution in [2.75, 3.05) is 18.5 Å². The molecule has 2 N–H and O–H groups in total. The number of carbonyl (C=O) groups excluding carboxylic acids is 1. The van der Waals surface area contributed by atoms with Gasteiger partial charge in [-0.25, -0.2) is 13.6 Å². The van der Waals surface area contributed by atoms with E-state index in [0.717, 1.165) is 12.1 Å². The molecule has 3 rings (SSSR count). The third-order valence-electron chi connectivity index (χ3n) is 4.25. The van der Waals surface area contributed by atoms with E-state index in [0.29, 0.717) is 11.1 Å². The molecular weight excluding hydrogens is 493 g/mol. The van der Waals surface area contributed by atoms with Crippen LogP contribution in [0.4, 0.5) is 18.9 Å². The van der Waals surface area contributed by atoms with Crippen LogP contribution in [0.3, 0.4) is 0 Å². The van der Waals surface area contributed by atoms with E-state index in [1.54, 1.807) is 0 Å². The zero-order valence-corrected chi connectivity index (χ0v) is 18.0. The van der Waals surface area contributed by atoms with Gasteiger partial charge >= 0.3 is 24.8 Å². The second kappa shape index (κ2) is 12.0. The quantitative estimate of drug-likeness (QED) is 0.249. The van der Waals surface area contributed by atoms with Gasteiger partial charge in [-0.2, -0.15) is 4.39 Å². The molecule has 0 aliphatic rings. The van der Waals surface area contributed by atoms with Crippen molar-refractivity contribution in [2.24, 2.45) is 0 Å². The molecule has 0 heterocycles. The summed E-state index contributed by atoms with van der Waals surface area (Å²) in [7, 11) is 0. The van der Waals surface area contributed by atoms with Gasteiger partial charge in [0.2, 0.25) is 5.82 Å². The van der Waals surface area contributed by atoms with Crippen LogP contribution in [0.5, 0.6) is 11.5 Å². The van der Waals surface area contributed by atoms with Crippen LogP contribution in [-0.2, 0) is 0 Å². The van der Waals surface area contributed by atoms with Crippen molar-refractivity contribution in [3.05, 3.63) is 87.2 Å². The normalized spacial score (nSPS) is 10.3. The summed E-state index contributed by atoms with van der Waals surface area (Å²) in [6.45, 7) is -0.589. The summed E-state index contributed by atoms with van der Waals surface area (Å²) in [6.07, 6.45) is 0. The molecule has 0 aromatic heterocycles. The van der Waals surface area contributed by atoms with E-state index in [2.05, 4.69) is 5.32 Å². The first-order valence-corrected chi connectivity index (χ1v) is 9.96. The molecule has 0 atom stereocenters. The monoisotopic (exact) mass is 507 g/mol. The Balaban J connectivity index is 0.00000408. The van der Waals surface area contributed by atoms with Gasteiger partial charge in [-0.05, 0) is 48.5 Å². The Morgan fingerprint density at radius 1 is 0.882 bits per heavy atom. The zero-order chi connectivity index (χ0) is 24.1. The summed E-state index contributed by atoms with van der Waals surface area (Å²) in [6, 6.07) is 9.38. The summed E-state index contributed by atoms with van der Waals surface area (Å²) in [4.78, 5) is 24.1. The van der Waals surface area contributed by atoms with Crippen LogP contribution >= 0.6 is 23.2 Å². The molecule has 1 amide bonds. The van der Waals surface area contributed by atoms with Crippen LogP contribution in [0, 0.1) is 17.5 Å². The molecule has 3 aromatic rings. The predicted octanol–water partition coefficient (Wildman–Crippen LogP) is 5.17. The first kappa shape index (κ1) is 27.4. The number of ether oxygens (including phenoxy) is 2. The Morgan fingerprint density at radius 2 is 1.56 bits per heavy atom. The molecule has 0 aliphatic heterocycles. The van der Waals surface area contributed by atoms with Crippen molar-refractivity contribution in [2.45, 2.75) is 0 Å². The number of anilines is 1. The molecule has 34 heavy (non-hydrogen) atoms. The van der Waals surface area contributed by atoms with Crippen LogP contribution < -0.4 is 14.8 Å². The fraction of sp³-hybridized carbons (Fsp3) is 0.0909. The SMILES string of the molecule is O=C(Nc1ccc(OCCOc2c(F)ccc(F)c2F)cc1C(=O)O)c1ccc(Cl)cc1Cl.[LiH]. The van der Waals surface area contributed by atoms with Gasteiger partial charge < -0.3 is 19.9 Å². The Kier molecular flexibility index (Phi) is 9.71. The van der Waals surface area contributed by atoms with Gasteiger partial charge in [-0.15, -0.1) is 0 Å². The summed E-state index contributed by atoms with van der Waals surface area (Å²) >= 11 is 11.8. The number of hydrogen-bond donors (Lipinski definition) is 2. The number of carbonyl (C=O) groups is 2. The van der Waals surface area contributed by atoms with Crippen molar-refractivity contribution in [3.63, 3.8) is 0 Å². The number of hydrogen-bond acceptors (Lipinski definition) is 4. The topological polar surface area (TPSA) is 84.9 Å². The average Bonchev–Trinajstić information content (AvgIpc) is 2.76. The molecule has 0 aliphatic carbocycles. The summed E-state index contributed by atoms with van der Waals surface area (Å²) in [5, 5.41) is 12.3. The van der Waals surface area contributed by atoms with Gasteiger partial charge in [0.05, 0.1) is 21.8 Å². The summed E-state index contributed by atoms with van der Waals surface area (Å²) in [5.74, 6) is -6.62. The molecule has 12 heteroatoms. The van der Waals surface area contributed by atoms with Crippen molar-refractivity contribution in [1.29, 1.82) is 0 Å². The third kappa shape index (κ3) is 6.61. The standard InChI is InChI=1S/C22H14Cl2F3NO5.Li.H/c23-11-1-3-13(15(24)9-11)21(29)28-18-6-2-12(10-14(18)22(30)31)32-7-8-33-20-17(26)5-4-16(25)19(20)27;;/h1-6,9-10H,7-8H2,(H,28,29)(H,30,31);;. The molecule has 0 unspecified atom stereocenters. The van der Waals surface area contributed by atoms with Gasteiger partial charge in [0.15, 0.2) is 17.4 Å². The van der Waals surface area contributed by atoms with E-state index in [9.17, 15) is 27.9 Å². The number of carboxylic acid groups (broad SMARTS) is 1. The van der Waals surface area contributed by atoms with Crippen LogP contribution in [0.2, 0.25) is 10.0 Å². The molecule has 0 radical (unpaired) electrons. The Morgan fingerprint density at radius 3 is 2.24 bits per heavy atom. The number of benzene rings is 3. The van der Waals surface area contributed by atoms with E-state index >= 15 is 0 Å². The van der Waals surface area contributed by atoms with Crippen molar-refractivity contribution < 1.29 is 37.3 Å². The van der Waals surface area contributed by atoms with Crippen LogP contribution in [0.1, 0.15) is 20.7 Å². The molecule has 0 fully saturated rings. The molecule has 0 saturated heterocycles. The van der Waals surface area contributed by atoms with Crippen molar-refractivity contribution in [1.82, 2.24) is 0 Å². The summed E-state index contributed by atoms with van der Waals surface area (Å²) < 4.78 is 50.5. The first-order chi connectivity index (χ1) is 15.7. The van der Waals surface area contributed by atoms with Crippen molar-refractivity contribution >= 4 is 59.6 Å². The number of amides is 1. The molecule has 0 saturated carbocycles. The van der Waals surface area contributed by atoms with Crippen molar-refractivity contribution in [3.8, 4) is 11.5 Å². The van der Waals surface area contributed by atoms with E-state index in [-0.39, 0.29) is 59.7 Å². The second-order valence-corrected chi connectivity index (χ2v) is 7.30. The van der Waals surface area contributed by atoms with Gasteiger partial charge in [0.1, 0.15) is 19.0 Å². The zero-order valence-electron chi connectivity index (χ0n) is 16.5. The van der Waals surface area contributed by atoms with Crippen LogP contribution in [-0.4, -0.2) is 49.1 Å². The molecule has 174 valence electrons. The summed E-state index contributed by atoms with van der Waals surface area (Å²) in [5.41, 5.74) is -0.216. The second-order valence-electron chi connectivity index (χ2n) is 6.46. The van der Waals surface area contributed by atoms with E-state index < -0.39 is 35.1 Å². The van der Waals surface area contributed by atoms with Gasteiger partial charge in [0.25, 0.3) is 5.91 Å². The van der Waals surface area contributed by atoms with Crippen LogP contribution in [0.25, 0.3) is 0 Å². The van der Waals surface area contributed by atoms with Crippen LogP contribution in [0.15, 0.2) is 48.5 Å². The number of rotatable bonds is 8. The Hall–Kier alpha value is -2.83. The minimum absolute atomic E-state index is 0. The van der Waals surface area contributed by atoms with Gasteiger partial charge in [-0.3, -0.25) is 4.79 Å². The van der Waals surface area contributed by atoms with Gasteiger partial charge in [0, 0.05) is 5.02 Å². The number of halogens is 5. The van der Waals surface area contributed by atoms with E-state index in [4.69, 9.17) is 32.7 Å².